The van der Waals surface area contributed by atoms with Crippen LogP contribution < -0.4 is 10.5 Å². The standard InChI is InChI=1S/C27H20ClF3N2O3S2/c1-38(34,35)20-9-5-6-17(14-20)24-12-13-25(37-24)22(16-26(32)27(29,30)31)33-21-15-18(28)10-11-23(21)36-19-7-3-2-4-8-19/h2-16H,32H2,1H3. The molecule has 0 unspecified atom stereocenters. The van der Waals surface area contributed by atoms with Gasteiger partial charge in [-0.15, -0.1) is 11.3 Å². The van der Waals surface area contributed by atoms with Crippen molar-refractivity contribution in [3.8, 4) is 21.9 Å². The SMILES string of the molecule is CS(=O)(=O)c1cccc(-c2ccc(C(C=C(N)C(F)(F)F)=Nc3cc(Cl)ccc3Oc3ccccc3)s2)c1. The van der Waals surface area contributed by atoms with E-state index in [0.29, 0.717) is 26.1 Å². The van der Waals surface area contributed by atoms with Crippen molar-refractivity contribution in [2.24, 2.45) is 10.7 Å². The molecule has 0 atom stereocenters. The summed E-state index contributed by atoms with van der Waals surface area (Å²) < 4.78 is 70.0. The first-order valence-corrected chi connectivity index (χ1v) is 14.0. The first kappa shape index (κ1) is 27.4. The fourth-order valence-electron chi connectivity index (χ4n) is 3.31. The molecule has 1 heterocycles. The van der Waals surface area contributed by atoms with Gasteiger partial charge in [0.15, 0.2) is 15.6 Å². The van der Waals surface area contributed by atoms with E-state index in [9.17, 15) is 21.6 Å². The zero-order valence-corrected chi connectivity index (χ0v) is 22.1. The number of hydrogen-bond acceptors (Lipinski definition) is 6. The monoisotopic (exact) mass is 576 g/mol. The van der Waals surface area contributed by atoms with Crippen LogP contribution in [0.5, 0.6) is 11.5 Å². The Kier molecular flexibility index (Phi) is 7.96. The van der Waals surface area contributed by atoms with E-state index in [4.69, 9.17) is 22.1 Å². The van der Waals surface area contributed by atoms with E-state index < -0.39 is 21.7 Å². The average molecular weight is 577 g/mol. The van der Waals surface area contributed by atoms with Crippen molar-refractivity contribution in [2.75, 3.05) is 6.26 Å². The molecular weight excluding hydrogens is 557 g/mol. The molecular formula is C27H20ClF3N2O3S2. The highest BCUT2D eigenvalue weighted by molar-refractivity contribution is 7.90. The number of ether oxygens (including phenoxy) is 1. The molecule has 5 nitrogen and oxygen atoms in total. The van der Waals surface area contributed by atoms with Gasteiger partial charge in [0.25, 0.3) is 0 Å². The molecule has 11 heteroatoms. The van der Waals surface area contributed by atoms with Crippen molar-refractivity contribution in [3.63, 3.8) is 0 Å². The Labute approximate surface area is 226 Å². The summed E-state index contributed by atoms with van der Waals surface area (Å²) >= 11 is 7.30. The minimum Gasteiger partial charge on any atom is -0.455 e. The summed E-state index contributed by atoms with van der Waals surface area (Å²) in [5.74, 6) is 0.775. The van der Waals surface area contributed by atoms with Crippen LogP contribution in [-0.4, -0.2) is 26.6 Å². The minimum absolute atomic E-state index is 0.0736. The smallest absolute Gasteiger partial charge is 0.430 e. The van der Waals surface area contributed by atoms with Gasteiger partial charge in [-0.1, -0.05) is 41.9 Å². The first-order valence-electron chi connectivity index (χ1n) is 11.0. The number of allylic oxidation sites excluding steroid dienone is 2. The van der Waals surface area contributed by atoms with Gasteiger partial charge in [0, 0.05) is 16.2 Å². The summed E-state index contributed by atoms with van der Waals surface area (Å²) in [6.45, 7) is 0. The Morgan fingerprint density at radius 3 is 2.42 bits per heavy atom. The summed E-state index contributed by atoms with van der Waals surface area (Å²) in [6.07, 6.45) is -2.93. The maximum atomic E-state index is 13.4. The van der Waals surface area contributed by atoms with Crippen LogP contribution in [0.4, 0.5) is 18.9 Å². The molecule has 0 fully saturated rings. The van der Waals surface area contributed by atoms with Gasteiger partial charge in [-0.25, -0.2) is 13.4 Å². The summed E-state index contributed by atoms with van der Waals surface area (Å²) in [4.78, 5) is 5.59. The highest BCUT2D eigenvalue weighted by atomic mass is 35.5. The number of nitrogens with two attached hydrogens (primary N) is 1. The third-order valence-electron chi connectivity index (χ3n) is 5.16. The van der Waals surface area contributed by atoms with Gasteiger partial charge in [-0.05, 0) is 66.2 Å². The van der Waals surface area contributed by atoms with Crippen LogP contribution in [0.3, 0.4) is 0 Å². The van der Waals surface area contributed by atoms with Crippen LogP contribution in [-0.2, 0) is 9.84 Å². The molecule has 0 aliphatic heterocycles. The molecule has 1 aromatic heterocycles. The van der Waals surface area contributed by atoms with E-state index in [2.05, 4.69) is 4.99 Å². The lowest BCUT2D eigenvalue weighted by molar-refractivity contribution is -0.0925. The molecule has 4 aromatic rings. The molecule has 0 saturated heterocycles. The van der Waals surface area contributed by atoms with Crippen LogP contribution in [0.1, 0.15) is 4.88 Å². The van der Waals surface area contributed by atoms with Gasteiger partial charge >= 0.3 is 6.18 Å². The number of thiophene rings is 1. The van der Waals surface area contributed by atoms with Crippen LogP contribution in [0.2, 0.25) is 5.02 Å². The van der Waals surface area contributed by atoms with Crippen LogP contribution in [0.25, 0.3) is 10.4 Å². The second-order valence-electron chi connectivity index (χ2n) is 8.09. The number of hydrogen-bond donors (Lipinski definition) is 1. The molecule has 0 bridgehead atoms. The molecule has 0 amide bonds. The predicted octanol–water partition coefficient (Wildman–Crippen LogP) is 7.79. The second-order valence-corrected chi connectivity index (χ2v) is 11.6. The highest BCUT2D eigenvalue weighted by Gasteiger charge is 2.32. The third kappa shape index (κ3) is 6.83. The lowest BCUT2D eigenvalue weighted by Crippen LogP contribution is -2.20. The summed E-state index contributed by atoms with van der Waals surface area (Å²) in [5.41, 5.74) is 4.73. The van der Waals surface area contributed by atoms with Crippen LogP contribution >= 0.6 is 22.9 Å². The molecule has 0 saturated carbocycles. The van der Waals surface area contributed by atoms with E-state index in [1.807, 2.05) is 6.07 Å². The van der Waals surface area contributed by atoms with Gasteiger partial charge in [0.05, 0.1) is 15.5 Å². The molecule has 196 valence electrons. The largest absolute Gasteiger partial charge is 0.455 e. The molecule has 4 rings (SSSR count). The summed E-state index contributed by atoms with van der Waals surface area (Å²) in [5, 5.41) is 0.306. The average Bonchev–Trinajstić information content (AvgIpc) is 3.35. The zero-order valence-electron chi connectivity index (χ0n) is 19.7. The maximum Gasteiger partial charge on any atom is 0.430 e. The second kappa shape index (κ2) is 11.0. The molecule has 2 N–H and O–H groups in total. The van der Waals surface area contributed by atoms with Gasteiger partial charge in [0.2, 0.25) is 0 Å². The lowest BCUT2D eigenvalue weighted by Gasteiger charge is -2.11. The topological polar surface area (TPSA) is 81.8 Å². The van der Waals surface area contributed by atoms with Crippen molar-refractivity contribution in [1.29, 1.82) is 0 Å². The van der Waals surface area contributed by atoms with E-state index in [1.54, 1.807) is 60.7 Å². The number of para-hydroxylation sites is 1. The minimum atomic E-state index is -4.78. The van der Waals surface area contributed by atoms with Gasteiger partial charge in [-0.2, -0.15) is 13.2 Å². The van der Waals surface area contributed by atoms with E-state index in [1.165, 1.54) is 18.2 Å². The van der Waals surface area contributed by atoms with Gasteiger partial charge < -0.3 is 10.5 Å². The van der Waals surface area contributed by atoms with Gasteiger partial charge in [-0.3, -0.25) is 0 Å². The molecule has 0 radical (unpaired) electrons. The number of halogens is 4. The van der Waals surface area contributed by atoms with Crippen LogP contribution in [0, 0.1) is 0 Å². The van der Waals surface area contributed by atoms with Crippen molar-refractivity contribution in [3.05, 3.63) is 107 Å². The number of aliphatic imine (C=N–C) groups is 1. The Morgan fingerprint density at radius 1 is 1.00 bits per heavy atom. The quantitative estimate of drug-likeness (QED) is 0.228. The molecule has 0 aliphatic rings. The Balaban J connectivity index is 1.82. The molecule has 38 heavy (non-hydrogen) atoms. The maximum absolute atomic E-state index is 13.4. The number of rotatable bonds is 7. The van der Waals surface area contributed by atoms with Crippen molar-refractivity contribution >= 4 is 44.2 Å². The van der Waals surface area contributed by atoms with E-state index in [-0.39, 0.29) is 22.0 Å². The Bertz CT molecular complexity index is 1630. The number of nitrogens with zero attached hydrogens (tertiary/aromatic N) is 1. The summed E-state index contributed by atoms with van der Waals surface area (Å²) in [6, 6.07) is 23.0. The molecule has 0 spiro atoms. The summed E-state index contributed by atoms with van der Waals surface area (Å²) in [7, 11) is -3.45. The first-order chi connectivity index (χ1) is 17.9. The number of alkyl halides is 3. The van der Waals surface area contributed by atoms with Crippen LogP contribution in [0.15, 0.2) is 107 Å². The highest BCUT2D eigenvalue weighted by Crippen LogP contribution is 2.37. The Morgan fingerprint density at radius 2 is 1.74 bits per heavy atom. The van der Waals surface area contributed by atoms with Gasteiger partial charge in [0.1, 0.15) is 17.1 Å². The molecule has 0 aliphatic carbocycles. The molecule has 3 aromatic carbocycles. The van der Waals surface area contributed by atoms with Crippen molar-refractivity contribution in [1.82, 2.24) is 0 Å². The lowest BCUT2D eigenvalue weighted by atomic mass is 10.2. The Hall–Kier alpha value is -3.60. The number of sulfone groups is 1. The third-order valence-corrected chi connectivity index (χ3v) is 7.66. The van der Waals surface area contributed by atoms with Crippen molar-refractivity contribution < 1.29 is 26.3 Å². The fraction of sp³-hybridized carbons (Fsp3) is 0.0741. The normalized spacial score (nSPS) is 13.0. The van der Waals surface area contributed by atoms with E-state index in [0.717, 1.165) is 23.7 Å². The van der Waals surface area contributed by atoms with E-state index >= 15 is 0 Å². The van der Waals surface area contributed by atoms with Crippen molar-refractivity contribution in [2.45, 2.75) is 11.1 Å². The zero-order chi connectivity index (χ0) is 27.5. The fourth-order valence-corrected chi connectivity index (χ4v) is 5.10. The number of benzene rings is 3. The predicted molar refractivity (Wildman–Crippen MR) is 145 cm³/mol.